The van der Waals surface area contributed by atoms with Crippen LogP contribution in [-0.2, 0) is 11.3 Å². The van der Waals surface area contributed by atoms with Gasteiger partial charge in [-0.05, 0) is 53.8 Å². The lowest BCUT2D eigenvalue weighted by Gasteiger charge is -2.28. The molecule has 1 saturated heterocycles. The van der Waals surface area contributed by atoms with Crippen LogP contribution < -0.4 is 5.32 Å². The van der Waals surface area contributed by atoms with E-state index in [1.807, 2.05) is 28.5 Å². The molecule has 0 spiro atoms. The smallest absolute Gasteiger partial charge is 0.265 e. The average molecular weight is 465 g/mol. The first-order valence-corrected chi connectivity index (χ1v) is 12.0. The lowest BCUT2D eigenvalue weighted by atomic mass is 10.1. The Bertz CT molecular complexity index is 1040. The number of hydrogen-bond acceptors (Lipinski definition) is 6. The average Bonchev–Trinajstić information content (AvgIpc) is 3.40. The maximum absolute atomic E-state index is 13.5. The number of aromatic nitrogens is 1. The van der Waals surface area contributed by atoms with E-state index in [2.05, 4.69) is 15.2 Å². The zero-order valence-corrected chi connectivity index (χ0v) is 19.3. The highest BCUT2D eigenvalue weighted by molar-refractivity contribution is 7.12. The van der Waals surface area contributed by atoms with E-state index in [-0.39, 0.29) is 11.8 Å². The van der Waals surface area contributed by atoms with E-state index >= 15 is 0 Å². The Hall–Kier alpha value is -3.07. The van der Waals surface area contributed by atoms with Crippen LogP contribution in [-0.4, -0.2) is 66.0 Å². The van der Waals surface area contributed by atoms with E-state index in [9.17, 15) is 9.59 Å². The second-order valence-corrected chi connectivity index (χ2v) is 8.85. The molecule has 0 bridgehead atoms. The first kappa shape index (κ1) is 23.1. The molecule has 0 aliphatic carbocycles. The van der Waals surface area contributed by atoms with Gasteiger partial charge in [0.1, 0.15) is 0 Å². The van der Waals surface area contributed by atoms with Crippen molar-refractivity contribution in [3.8, 4) is 0 Å². The number of rotatable bonds is 9. The summed E-state index contributed by atoms with van der Waals surface area (Å²) in [7, 11) is 0. The number of anilines is 1. The third kappa shape index (κ3) is 6.71. The molecule has 0 saturated carbocycles. The van der Waals surface area contributed by atoms with Gasteiger partial charge >= 0.3 is 0 Å². The van der Waals surface area contributed by atoms with Crippen molar-refractivity contribution in [3.63, 3.8) is 0 Å². The van der Waals surface area contributed by atoms with Crippen LogP contribution in [0.1, 0.15) is 32.0 Å². The summed E-state index contributed by atoms with van der Waals surface area (Å²) in [5.41, 5.74) is 2.20. The number of carbonyl (C=O) groups is 2. The molecule has 1 aromatic carbocycles. The molecule has 1 N–H and O–H groups in total. The van der Waals surface area contributed by atoms with Gasteiger partial charge in [-0.1, -0.05) is 12.1 Å². The van der Waals surface area contributed by atoms with Crippen molar-refractivity contribution in [3.05, 3.63) is 82.3 Å². The van der Waals surface area contributed by atoms with Crippen LogP contribution in [0.4, 0.5) is 5.69 Å². The fraction of sp³-hybridized carbons (Fsp3) is 0.320. The third-order valence-electron chi connectivity index (χ3n) is 5.53. The fourth-order valence-corrected chi connectivity index (χ4v) is 4.40. The van der Waals surface area contributed by atoms with Crippen molar-refractivity contribution in [2.45, 2.75) is 13.0 Å². The number of amides is 2. The number of pyridine rings is 1. The number of nitrogens with zero attached hydrogens (tertiary/aromatic N) is 3. The fourth-order valence-electron chi connectivity index (χ4n) is 3.78. The van der Waals surface area contributed by atoms with Crippen molar-refractivity contribution in [1.29, 1.82) is 0 Å². The molecule has 172 valence electrons. The van der Waals surface area contributed by atoms with Crippen molar-refractivity contribution in [1.82, 2.24) is 14.8 Å². The van der Waals surface area contributed by atoms with Gasteiger partial charge in [0.05, 0.1) is 18.1 Å². The first-order valence-electron chi connectivity index (χ1n) is 11.1. The molecule has 1 fully saturated rings. The van der Waals surface area contributed by atoms with Gasteiger partial charge in [0.25, 0.3) is 11.8 Å². The largest absolute Gasteiger partial charge is 0.379 e. The van der Waals surface area contributed by atoms with E-state index in [0.29, 0.717) is 29.2 Å². The Kier molecular flexibility index (Phi) is 8.19. The summed E-state index contributed by atoms with van der Waals surface area (Å²) in [6, 6.07) is 14.6. The summed E-state index contributed by atoms with van der Waals surface area (Å²) in [6.07, 6.45) is 4.37. The molecule has 7 nitrogen and oxygen atoms in total. The van der Waals surface area contributed by atoms with Gasteiger partial charge in [0, 0.05) is 56.4 Å². The lowest BCUT2D eigenvalue weighted by molar-refractivity contribution is 0.0355. The van der Waals surface area contributed by atoms with Crippen molar-refractivity contribution in [2.75, 3.05) is 44.7 Å². The Morgan fingerprint density at radius 2 is 1.91 bits per heavy atom. The van der Waals surface area contributed by atoms with Crippen LogP contribution in [0.15, 0.2) is 66.3 Å². The standard InChI is InChI=1S/C25H28N4O3S/c30-24(23-6-2-17-33-23)27-22-5-1-4-21(18-22)25(31)29(19-20-7-9-26-10-8-20)12-3-11-28-13-15-32-16-14-28/h1-2,4-10,17-18H,3,11-16,19H2,(H,27,30). The lowest BCUT2D eigenvalue weighted by Crippen LogP contribution is -2.39. The number of benzene rings is 1. The number of hydrogen-bond donors (Lipinski definition) is 1. The van der Waals surface area contributed by atoms with Crippen LogP contribution in [0.5, 0.6) is 0 Å². The van der Waals surface area contributed by atoms with Crippen LogP contribution in [0.2, 0.25) is 0 Å². The van der Waals surface area contributed by atoms with E-state index in [1.165, 1.54) is 11.3 Å². The number of carbonyl (C=O) groups excluding carboxylic acids is 2. The summed E-state index contributed by atoms with van der Waals surface area (Å²) in [5.74, 6) is -0.227. The summed E-state index contributed by atoms with van der Waals surface area (Å²) >= 11 is 1.38. The van der Waals surface area contributed by atoms with Crippen LogP contribution in [0.25, 0.3) is 0 Å². The highest BCUT2D eigenvalue weighted by Gasteiger charge is 2.18. The molecular formula is C25H28N4O3S. The van der Waals surface area contributed by atoms with E-state index in [4.69, 9.17) is 4.74 Å². The second kappa shape index (κ2) is 11.7. The molecule has 8 heteroatoms. The first-order chi connectivity index (χ1) is 16.2. The Balaban J connectivity index is 1.44. The predicted molar refractivity (Wildman–Crippen MR) is 130 cm³/mol. The molecule has 2 amide bonds. The maximum atomic E-state index is 13.5. The summed E-state index contributed by atoms with van der Waals surface area (Å²) in [4.78, 5) is 34.8. The molecule has 1 aliphatic rings. The molecule has 0 unspecified atom stereocenters. The Morgan fingerprint density at radius 3 is 2.67 bits per heavy atom. The maximum Gasteiger partial charge on any atom is 0.265 e. The van der Waals surface area contributed by atoms with Crippen LogP contribution >= 0.6 is 11.3 Å². The van der Waals surface area contributed by atoms with Crippen molar-refractivity contribution < 1.29 is 14.3 Å². The third-order valence-corrected chi connectivity index (χ3v) is 6.40. The highest BCUT2D eigenvalue weighted by atomic mass is 32.1. The molecular weight excluding hydrogens is 436 g/mol. The minimum Gasteiger partial charge on any atom is -0.379 e. The normalized spacial score (nSPS) is 14.1. The van der Waals surface area contributed by atoms with Gasteiger partial charge in [0.2, 0.25) is 0 Å². The van der Waals surface area contributed by atoms with Gasteiger partial charge < -0.3 is 15.0 Å². The number of morpholine rings is 1. The molecule has 1 aliphatic heterocycles. The molecule has 4 rings (SSSR count). The van der Waals surface area contributed by atoms with Gasteiger partial charge in [0.15, 0.2) is 0 Å². The zero-order valence-electron chi connectivity index (χ0n) is 18.5. The van der Waals surface area contributed by atoms with Gasteiger partial charge in [-0.15, -0.1) is 11.3 Å². The molecule has 0 radical (unpaired) electrons. The quantitative estimate of drug-likeness (QED) is 0.522. The molecule has 2 aromatic heterocycles. The van der Waals surface area contributed by atoms with Gasteiger partial charge in [-0.3, -0.25) is 19.5 Å². The summed E-state index contributed by atoms with van der Waals surface area (Å²) in [6.45, 7) is 5.49. The molecule has 3 heterocycles. The van der Waals surface area contributed by atoms with E-state index in [0.717, 1.165) is 44.8 Å². The monoisotopic (exact) mass is 464 g/mol. The highest BCUT2D eigenvalue weighted by Crippen LogP contribution is 2.17. The minimum absolute atomic E-state index is 0.0546. The van der Waals surface area contributed by atoms with Crippen LogP contribution in [0.3, 0.4) is 0 Å². The number of thiophene rings is 1. The second-order valence-electron chi connectivity index (χ2n) is 7.90. The molecule has 0 atom stereocenters. The van der Waals surface area contributed by atoms with Gasteiger partial charge in [-0.25, -0.2) is 0 Å². The minimum atomic E-state index is -0.172. The Labute approximate surface area is 198 Å². The number of nitrogens with one attached hydrogen (secondary N) is 1. The summed E-state index contributed by atoms with van der Waals surface area (Å²) < 4.78 is 5.42. The zero-order chi connectivity index (χ0) is 22.9. The number of ether oxygens (including phenoxy) is 1. The molecule has 3 aromatic rings. The SMILES string of the molecule is O=C(Nc1cccc(C(=O)N(CCCN2CCOCC2)Cc2ccncc2)c1)c1cccs1. The summed E-state index contributed by atoms with van der Waals surface area (Å²) in [5, 5.41) is 4.75. The Morgan fingerprint density at radius 1 is 1.09 bits per heavy atom. The van der Waals surface area contributed by atoms with E-state index in [1.54, 1.807) is 42.7 Å². The molecule has 33 heavy (non-hydrogen) atoms. The van der Waals surface area contributed by atoms with Gasteiger partial charge in [-0.2, -0.15) is 0 Å². The topological polar surface area (TPSA) is 74.8 Å². The van der Waals surface area contributed by atoms with Crippen LogP contribution in [0, 0.1) is 0 Å². The predicted octanol–water partition coefficient (Wildman–Crippen LogP) is 3.76. The van der Waals surface area contributed by atoms with E-state index < -0.39 is 0 Å². The van der Waals surface area contributed by atoms with Crippen molar-refractivity contribution in [2.24, 2.45) is 0 Å². The van der Waals surface area contributed by atoms with Crippen molar-refractivity contribution >= 4 is 28.8 Å².